The van der Waals surface area contributed by atoms with E-state index in [4.69, 9.17) is 4.74 Å². The maximum Gasteiger partial charge on any atom is 0.125 e. The van der Waals surface area contributed by atoms with Gasteiger partial charge in [0.2, 0.25) is 0 Å². The molecule has 2 aromatic carbocycles. The van der Waals surface area contributed by atoms with Gasteiger partial charge in [-0.2, -0.15) is 0 Å². The van der Waals surface area contributed by atoms with Crippen molar-refractivity contribution in [2.24, 2.45) is 0 Å². The van der Waals surface area contributed by atoms with Gasteiger partial charge in [-0.3, -0.25) is 0 Å². The van der Waals surface area contributed by atoms with Crippen molar-refractivity contribution in [2.75, 3.05) is 0 Å². The van der Waals surface area contributed by atoms with Crippen molar-refractivity contribution in [3.63, 3.8) is 0 Å². The Morgan fingerprint density at radius 2 is 1.63 bits per heavy atom. The van der Waals surface area contributed by atoms with Gasteiger partial charge in [0.1, 0.15) is 23.6 Å². The van der Waals surface area contributed by atoms with Crippen LogP contribution in [0.1, 0.15) is 4.88 Å². The molecule has 0 fully saturated rings. The van der Waals surface area contributed by atoms with E-state index in [1.807, 2.05) is 48.5 Å². The summed E-state index contributed by atoms with van der Waals surface area (Å²) in [5, 5.41) is 0.979. The molecule has 1 heterocycles. The third-order valence-corrected chi connectivity index (χ3v) is 3.61. The lowest BCUT2D eigenvalue weighted by molar-refractivity contribution is 0.309. The minimum Gasteiger partial charge on any atom is -0.488 e. The van der Waals surface area contributed by atoms with Gasteiger partial charge in [0.25, 0.3) is 0 Å². The quantitative estimate of drug-likeness (QED) is 0.706. The lowest BCUT2D eigenvalue weighted by Crippen LogP contribution is -1.92. The Bertz CT molecular complexity index is 634. The topological polar surface area (TPSA) is 22.1 Å². The van der Waals surface area contributed by atoms with Crippen molar-refractivity contribution in [2.45, 2.75) is 6.61 Å². The average molecular weight is 266 g/mol. The molecule has 2 nitrogen and oxygen atoms in total. The first kappa shape index (κ1) is 11.9. The van der Waals surface area contributed by atoms with Crippen LogP contribution in [0, 0.1) is 6.20 Å². The molecule has 0 aliphatic heterocycles. The van der Waals surface area contributed by atoms with Crippen molar-refractivity contribution in [1.29, 1.82) is 0 Å². The van der Waals surface area contributed by atoms with E-state index in [1.165, 1.54) is 0 Å². The molecule has 93 valence electrons. The van der Waals surface area contributed by atoms with E-state index in [0.717, 1.165) is 21.2 Å². The van der Waals surface area contributed by atoms with Crippen LogP contribution >= 0.6 is 11.3 Å². The second-order valence-corrected chi connectivity index (χ2v) is 5.11. The summed E-state index contributed by atoms with van der Waals surface area (Å²) in [5.41, 5.74) is 1.12. The van der Waals surface area contributed by atoms with Crippen molar-refractivity contribution in [3.05, 3.63) is 71.7 Å². The zero-order valence-corrected chi connectivity index (χ0v) is 11.1. The molecule has 1 radical (unpaired) electrons. The fraction of sp³-hybridized carbons (Fsp3) is 0.0625. The summed E-state index contributed by atoms with van der Waals surface area (Å²) in [7, 11) is 0. The van der Waals surface area contributed by atoms with Gasteiger partial charge in [-0.1, -0.05) is 48.5 Å². The minimum absolute atomic E-state index is 0.508. The van der Waals surface area contributed by atoms with Crippen molar-refractivity contribution in [1.82, 2.24) is 4.98 Å². The third-order valence-electron chi connectivity index (χ3n) is 2.64. The molecule has 0 bridgehead atoms. The van der Waals surface area contributed by atoms with Crippen LogP contribution in [-0.2, 0) is 6.61 Å². The number of hydrogen-bond donors (Lipinski definition) is 0. The highest BCUT2D eigenvalue weighted by atomic mass is 32.1. The molecular weight excluding hydrogens is 254 g/mol. The fourth-order valence-electron chi connectivity index (χ4n) is 1.71. The molecule has 0 atom stereocenters. The number of aromatic nitrogens is 1. The van der Waals surface area contributed by atoms with Crippen LogP contribution < -0.4 is 4.74 Å². The number of benzene rings is 2. The van der Waals surface area contributed by atoms with E-state index in [1.54, 1.807) is 11.3 Å². The van der Waals surface area contributed by atoms with Gasteiger partial charge >= 0.3 is 0 Å². The molecule has 3 aromatic rings. The SMILES string of the molecule is [c]1nc(-c2ccccc2)sc1COc1ccccc1. The van der Waals surface area contributed by atoms with Crippen LogP contribution in [0.5, 0.6) is 5.75 Å². The molecule has 0 amide bonds. The first-order chi connectivity index (χ1) is 9.42. The number of nitrogens with zero attached hydrogens (tertiary/aromatic N) is 1. The summed E-state index contributed by atoms with van der Waals surface area (Å²) in [4.78, 5) is 5.31. The Morgan fingerprint density at radius 1 is 0.947 bits per heavy atom. The summed E-state index contributed by atoms with van der Waals surface area (Å²) >= 11 is 1.61. The Labute approximate surface area is 116 Å². The Hall–Kier alpha value is -2.13. The minimum atomic E-state index is 0.508. The van der Waals surface area contributed by atoms with Crippen LogP contribution in [0.3, 0.4) is 0 Å². The standard InChI is InChI=1S/C16H12NOS/c1-3-7-13(8-4-1)16-17-11-15(19-16)12-18-14-9-5-2-6-10-14/h1-10H,12H2. The average Bonchev–Trinajstić information content (AvgIpc) is 2.96. The van der Waals surface area contributed by atoms with E-state index < -0.39 is 0 Å². The number of para-hydroxylation sites is 1. The highest BCUT2D eigenvalue weighted by molar-refractivity contribution is 7.14. The largest absolute Gasteiger partial charge is 0.488 e. The number of rotatable bonds is 4. The van der Waals surface area contributed by atoms with E-state index in [0.29, 0.717) is 6.61 Å². The van der Waals surface area contributed by atoms with E-state index >= 15 is 0 Å². The molecule has 0 saturated carbocycles. The first-order valence-corrected chi connectivity index (χ1v) is 6.84. The summed E-state index contributed by atoms with van der Waals surface area (Å²) in [5.74, 6) is 0.866. The smallest absolute Gasteiger partial charge is 0.125 e. The van der Waals surface area contributed by atoms with Crippen molar-refractivity contribution >= 4 is 11.3 Å². The van der Waals surface area contributed by atoms with Crippen molar-refractivity contribution in [3.8, 4) is 16.3 Å². The Balaban J connectivity index is 1.69. The summed E-state index contributed by atoms with van der Waals surface area (Å²) in [6.07, 6.45) is 3.02. The van der Waals surface area contributed by atoms with Gasteiger partial charge in [0.15, 0.2) is 0 Å². The van der Waals surface area contributed by atoms with Gasteiger partial charge < -0.3 is 4.74 Å². The van der Waals surface area contributed by atoms with Crippen LogP contribution in [0.25, 0.3) is 10.6 Å². The normalized spacial score (nSPS) is 10.3. The maximum absolute atomic E-state index is 5.68. The van der Waals surface area contributed by atoms with Crippen LogP contribution in [0.2, 0.25) is 0 Å². The number of ether oxygens (including phenoxy) is 1. The van der Waals surface area contributed by atoms with E-state index in [2.05, 4.69) is 23.3 Å². The van der Waals surface area contributed by atoms with Gasteiger partial charge in [0, 0.05) is 5.56 Å². The summed E-state index contributed by atoms with van der Waals surface area (Å²) in [6, 6.07) is 19.9. The van der Waals surface area contributed by atoms with Gasteiger partial charge in [-0.05, 0) is 12.1 Å². The summed E-state index contributed by atoms with van der Waals surface area (Å²) in [6.45, 7) is 0.508. The first-order valence-electron chi connectivity index (χ1n) is 6.02. The molecule has 0 aliphatic rings. The third kappa shape index (κ3) is 3.01. The van der Waals surface area contributed by atoms with Gasteiger partial charge in [-0.15, -0.1) is 11.3 Å². The van der Waals surface area contributed by atoms with Gasteiger partial charge in [-0.25, -0.2) is 4.98 Å². The number of hydrogen-bond acceptors (Lipinski definition) is 3. The predicted octanol–water partition coefficient (Wildman–Crippen LogP) is 4.19. The number of thiazole rings is 1. The highest BCUT2D eigenvalue weighted by Crippen LogP contribution is 2.25. The molecule has 0 unspecified atom stereocenters. The second-order valence-electron chi connectivity index (χ2n) is 4.02. The predicted molar refractivity (Wildman–Crippen MR) is 77.2 cm³/mol. The lowest BCUT2D eigenvalue weighted by atomic mass is 10.2. The van der Waals surface area contributed by atoms with Crippen molar-refractivity contribution < 1.29 is 4.74 Å². The molecule has 3 rings (SSSR count). The molecule has 0 N–H and O–H groups in total. The monoisotopic (exact) mass is 266 g/mol. The fourth-order valence-corrected chi connectivity index (χ4v) is 2.49. The van der Waals surface area contributed by atoms with Crippen LogP contribution in [-0.4, -0.2) is 4.98 Å². The molecule has 19 heavy (non-hydrogen) atoms. The van der Waals surface area contributed by atoms with Gasteiger partial charge in [0.05, 0.1) is 4.88 Å². The zero-order valence-electron chi connectivity index (χ0n) is 10.2. The zero-order chi connectivity index (χ0) is 12.9. The van der Waals surface area contributed by atoms with Crippen LogP contribution in [0.4, 0.5) is 0 Å². The Kier molecular flexibility index (Phi) is 3.56. The second kappa shape index (κ2) is 5.67. The lowest BCUT2D eigenvalue weighted by Gasteiger charge is -2.02. The molecule has 1 aromatic heterocycles. The Morgan fingerprint density at radius 3 is 2.37 bits per heavy atom. The molecular formula is C16H12NOS. The molecule has 0 spiro atoms. The summed E-state index contributed by atoms with van der Waals surface area (Å²) < 4.78 is 5.68. The highest BCUT2D eigenvalue weighted by Gasteiger charge is 2.05. The maximum atomic E-state index is 5.68. The van der Waals surface area contributed by atoms with Crippen LogP contribution in [0.15, 0.2) is 60.7 Å². The van der Waals surface area contributed by atoms with E-state index in [-0.39, 0.29) is 0 Å². The van der Waals surface area contributed by atoms with E-state index in [9.17, 15) is 0 Å². The molecule has 0 aliphatic carbocycles. The molecule has 3 heteroatoms. The molecule has 0 saturated heterocycles.